The third-order valence-corrected chi connectivity index (χ3v) is 4.78. The molecule has 2 heterocycles. The van der Waals surface area contributed by atoms with Gasteiger partial charge < -0.3 is 15.5 Å². The maximum atomic E-state index is 12.7. The second kappa shape index (κ2) is 5.57. The van der Waals surface area contributed by atoms with E-state index in [9.17, 15) is 4.79 Å². The summed E-state index contributed by atoms with van der Waals surface area (Å²) in [7, 11) is 0. The Balaban J connectivity index is 1.69. The molecule has 2 N–H and O–H groups in total. The predicted octanol–water partition coefficient (Wildman–Crippen LogP) is 0.872. The molecule has 3 fully saturated rings. The van der Waals surface area contributed by atoms with Crippen LogP contribution in [0.2, 0.25) is 0 Å². The zero-order valence-electron chi connectivity index (χ0n) is 11.2. The van der Waals surface area contributed by atoms with E-state index in [4.69, 9.17) is 0 Å². The standard InChI is InChI=1S/C14H25N3O/c18-14(13-5-2-8-16-13)17(11-3-1-4-11)12-6-9-15-10-7-12/h11-13,15-16H,1-10H2. The zero-order valence-corrected chi connectivity index (χ0v) is 11.2. The Morgan fingerprint density at radius 3 is 2.17 bits per heavy atom. The van der Waals surface area contributed by atoms with Gasteiger partial charge in [-0.3, -0.25) is 4.79 Å². The van der Waals surface area contributed by atoms with Crippen LogP contribution in [-0.2, 0) is 4.79 Å². The number of piperidine rings is 1. The number of carbonyl (C=O) groups excluding carboxylic acids is 1. The Kier molecular flexibility index (Phi) is 3.85. The number of hydrogen-bond acceptors (Lipinski definition) is 3. The minimum atomic E-state index is 0.112. The molecule has 0 bridgehead atoms. The second-order valence-corrected chi connectivity index (χ2v) is 5.96. The first-order valence-corrected chi connectivity index (χ1v) is 7.62. The molecular formula is C14H25N3O. The molecule has 1 atom stereocenters. The van der Waals surface area contributed by atoms with Crippen LogP contribution in [0.3, 0.4) is 0 Å². The highest BCUT2D eigenvalue weighted by Gasteiger charge is 2.38. The summed E-state index contributed by atoms with van der Waals surface area (Å²) in [6.45, 7) is 3.15. The number of nitrogens with one attached hydrogen (secondary N) is 2. The summed E-state index contributed by atoms with van der Waals surface area (Å²) < 4.78 is 0. The van der Waals surface area contributed by atoms with Crippen molar-refractivity contribution in [3.63, 3.8) is 0 Å². The second-order valence-electron chi connectivity index (χ2n) is 5.96. The van der Waals surface area contributed by atoms with Crippen LogP contribution < -0.4 is 10.6 Å². The highest BCUT2D eigenvalue weighted by atomic mass is 16.2. The summed E-state index contributed by atoms with van der Waals surface area (Å²) in [6.07, 6.45) is 8.21. The summed E-state index contributed by atoms with van der Waals surface area (Å²) in [4.78, 5) is 15.0. The Morgan fingerprint density at radius 1 is 0.889 bits per heavy atom. The Morgan fingerprint density at radius 2 is 1.61 bits per heavy atom. The van der Waals surface area contributed by atoms with Crippen LogP contribution in [0.1, 0.15) is 44.9 Å². The van der Waals surface area contributed by atoms with Crippen LogP contribution in [-0.4, -0.2) is 48.6 Å². The normalized spacial score (nSPS) is 30.1. The Hall–Kier alpha value is -0.610. The minimum Gasteiger partial charge on any atom is -0.335 e. The van der Waals surface area contributed by atoms with E-state index in [0.717, 1.165) is 45.3 Å². The van der Waals surface area contributed by atoms with E-state index >= 15 is 0 Å². The van der Waals surface area contributed by atoms with Gasteiger partial charge in [-0.05, 0) is 64.6 Å². The molecule has 2 aliphatic heterocycles. The van der Waals surface area contributed by atoms with Gasteiger partial charge in [0.1, 0.15) is 0 Å². The van der Waals surface area contributed by atoms with Gasteiger partial charge in [-0.2, -0.15) is 0 Å². The third kappa shape index (κ3) is 2.41. The smallest absolute Gasteiger partial charge is 0.240 e. The van der Waals surface area contributed by atoms with Crippen molar-refractivity contribution in [1.29, 1.82) is 0 Å². The van der Waals surface area contributed by atoms with E-state index in [2.05, 4.69) is 15.5 Å². The molecule has 4 heteroatoms. The van der Waals surface area contributed by atoms with Crippen LogP contribution in [0, 0.1) is 0 Å². The van der Waals surface area contributed by atoms with Crippen LogP contribution in [0.25, 0.3) is 0 Å². The quantitative estimate of drug-likeness (QED) is 0.782. The van der Waals surface area contributed by atoms with Gasteiger partial charge in [0.25, 0.3) is 0 Å². The summed E-state index contributed by atoms with van der Waals surface area (Å²) in [5.41, 5.74) is 0. The van der Waals surface area contributed by atoms with E-state index in [1.165, 1.54) is 19.3 Å². The van der Waals surface area contributed by atoms with Crippen molar-refractivity contribution < 1.29 is 4.79 Å². The van der Waals surface area contributed by atoms with Crippen LogP contribution in [0.4, 0.5) is 0 Å². The molecule has 0 radical (unpaired) electrons. The van der Waals surface area contributed by atoms with Gasteiger partial charge >= 0.3 is 0 Å². The predicted molar refractivity (Wildman–Crippen MR) is 71.4 cm³/mol. The lowest BCUT2D eigenvalue weighted by molar-refractivity contribution is -0.141. The first kappa shape index (κ1) is 12.4. The number of amides is 1. The van der Waals surface area contributed by atoms with Gasteiger partial charge in [-0.1, -0.05) is 0 Å². The molecule has 4 nitrogen and oxygen atoms in total. The van der Waals surface area contributed by atoms with E-state index in [-0.39, 0.29) is 6.04 Å². The SMILES string of the molecule is O=C(C1CCCN1)N(C1CCC1)C1CCNCC1. The van der Waals surface area contributed by atoms with Gasteiger partial charge in [-0.15, -0.1) is 0 Å². The van der Waals surface area contributed by atoms with Gasteiger partial charge in [-0.25, -0.2) is 0 Å². The average Bonchev–Trinajstić information content (AvgIpc) is 2.87. The molecule has 1 aliphatic carbocycles. The van der Waals surface area contributed by atoms with E-state index in [1.54, 1.807) is 0 Å². The maximum Gasteiger partial charge on any atom is 0.240 e. The molecule has 1 unspecified atom stereocenters. The largest absolute Gasteiger partial charge is 0.335 e. The molecule has 0 spiro atoms. The van der Waals surface area contributed by atoms with Gasteiger partial charge in [0.2, 0.25) is 5.91 Å². The van der Waals surface area contributed by atoms with Crippen molar-refractivity contribution in [1.82, 2.24) is 15.5 Å². The van der Waals surface area contributed by atoms with E-state index in [0.29, 0.717) is 18.0 Å². The first-order valence-electron chi connectivity index (χ1n) is 7.62. The van der Waals surface area contributed by atoms with Crippen molar-refractivity contribution in [3.8, 4) is 0 Å². The Bertz CT molecular complexity index is 291. The highest BCUT2D eigenvalue weighted by molar-refractivity contribution is 5.83. The van der Waals surface area contributed by atoms with Crippen molar-refractivity contribution in [2.75, 3.05) is 19.6 Å². The lowest BCUT2D eigenvalue weighted by Gasteiger charge is -2.45. The molecule has 0 aromatic carbocycles. The molecule has 1 saturated carbocycles. The molecule has 1 amide bonds. The average molecular weight is 251 g/mol. The molecule has 3 rings (SSSR count). The summed E-state index contributed by atoms with van der Waals surface area (Å²) in [6, 6.07) is 1.15. The summed E-state index contributed by atoms with van der Waals surface area (Å²) in [5.74, 6) is 0.393. The maximum absolute atomic E-state index is 12.7. The topological polar surface area (TPSA) is 44.4 Å². The van der Waals surface area contributed by atoms with Crippen molar-refractivity contribution >= 4 is 5.91 Å². The molecular weight excluding hydrogens is 226 g/mol. The van der Waals surface area contributed by atoms with Crippen molar-refractivity contribution in [3.05, 3.63) is 0 Å². The van der Waals surface area contributed by atoms with Gasteiger partial charge in [0.15, 0.2) is 0 Å². The zero-order chi connectivity index (χ0) is 12.4. The lowest BCUT2D eigenvalue weighted by Crippen LogP contribution is -2.57. The molecule has 0 aromatic rings. The molecule has 0 aromatic heterocycles. The van der Waals surface area contributed by atoms with Crippen molar-refractivity contribution in [2.24, 2.45) is 0 Å². The van der Waals surface area contributed by atoms with E-state index in [1.807, 2.05) is 0 Å². The summed E-state index contributed by atoms with van der Waals surface area (Å²) in [5, 5.41) is 6.77. The van der Waals surface area contributed by atoms with Gasteiger partial charge in [0, 0.05) is 12.1 Å². The fourth-order valence-corrected chi connectivity index (χ4v) is 3.48. The number of hydrogen-bond donors (Lipinski definition) is 2. The summed E-state index contributed by atoms with van der Waals surface area (Å²) >= 11 is 0. The molecule has 18 heavy (non-hydrogen) atoms. The number of carbonyl (C=O) groups is 1. The highest BCUT2D eigenvalue weighted by Crippen LogP contribution is 2.30. The molecule has 3 aliphatic rings. The third-order valence-electron chi connectivity index (χ3n) is 4.78. The number of nitrogens with zero attached hydrogens (tertiary/aromatic N) is 1. The fourth-order valence-electron chi connectivity index (χ4n) is 3.48. The molecule has 102 valence electrons. The fraction of sp³-hybridized carbons (Fsp3) is 0.929. The van der Waals surface area contributed by atoms with Crippen LogP contribution in [0.15, 0.2) is 0 Å². The number of rotatable bonds is 3. The monoisotopic (exact) mass is 251 g/mol. The minimum absolute atomic E-state index is 0.112. The van der Waals surface area contributed by atoms with E-state index < -0.39 is 0 Å². The Labute approximate surface area is 109 Å². The first-order chi connectivity index (χ1) is 8.86. The van der Waals surface area contributed by atoms with Gasteiger partial charge in [0.05, 0.1) is 6.04 Å². The van der Waals surface area contributed by atoms with Crippen LogP contribution in [0.5, 0.6) is 0 Å². The lowest BCUT2D eigenvalue weighted by atomic mass is 9.88. The van der Waals surface area contributed by atoms with Crippen LogP contribution >= 0.6 is 0 Å². The molecule has 2 saturated heterocycles. The van der Waals surface area contributed by atoms with Crippen molar-refractivity contribution in [2.45, 2.75) is 63.1 Å².